The monoisotopic (exact) mass is 153 g/mol. The molecule has 0 saturated carbocycles. The number of aromatic amines is 1. The molecule has 1 aromatic heterocycles. The third kappa shape index (κ3) is 1.66. The van der Waals surface area contributed by atoms with Crippen molar-refractivity contribution in [1.29, 1.82) is 0 Å². The average Bonchev–Trinajstić information content (AvgIpc) is 1.88. The van der Waals surface area contributed by atoms with Crippen LogP contribution in [0.1, 0.15) is 5.56 Å². The van der Waals surface area contributed by atoms with E-state index >= 15 is 0 Å². The normalized spacial score (nSPS) is 10.4. The van der Waals surface area contributed by atoms with Crippen LogP contribution < -0.4 is 5.84 Å². The predicted molar refractivity (Wildman–Crippen MR) is 43.4 cm³/mol. The fourth-order valence-electron chi connectivity index (χ4n) is 0.628. The number of hydrazone groups is 1. The maximum Gasteiger partial charge on any atom is 0.103 e. The number of hydrogen-bond acceptors (Lipinski definition) is 3. The molecular weight excluding hydrogens is 146 g/mol. The molecule has 0 aliphatic carbocycles. The van der Waals surface area contributed by atoms with Crippen LogP contribution in [0.25, 0.3) is 0 Å². The second-order valence-electron chi connectivity index (χ2n) is 1.76. The second-order valence-corrected chi connectivity index (χ2v) is 2.20. The van der Waals surface area contributed by atoms with Crippen LogP contribution in [-0.2, 0) is 0 Å². The molecule has 0 saturated heterocycles. The van der Waals surface area contributed by atoms with Crippen molar-refractivity contribution in [3.8, 4) is 0 Å². The van der Waals surface area contributed by atoms with E-state index in [0.717, 1.165) is 5.56 Å². The van der Waals surface area contributed by atoms with Crippen LogP contribution in [0, 0.1) is 4.64 Å². The van der Waals surface area contributed by atoms with E-state index in [0.29, 0.717) is 4.64 Å². The molecule has 0 spiro atoms. The van der Waals surface area contributed by atoms with Crippen molar-refractivity contribution < 1.29 is 0 Å². The predicted octanol–water partition coefficient (Wildman–Crippen LogP) is 1.04. The van der Waals surface area contributed by atoms with E-state index in [4.69, 9.17) is 18.1 Å². The number of nitrogens with zero attached hydrogens (tertiary/aromatic N) is 1. The van der Waals surface area contributed by atoms with Gasteiger partial charge in [0.25, 0.3) is 0 Å². The molecule has 1 rings (SSSR count). The summed E-state index contributed by atoms with van der Waals surface area (Å²) in [7, 11) is 0. The van der Waals surface area contributed by atoms with Gasteiger partial charge in [-0.15, -0.1) is 0 Å². The van der Waals surface area contributed by atoms with Gasteiger partial charge in [-0.2, -0.15) is 5.10 Å². The Labute approximate surface area is 63.6 Å². The van der Waals surface area contributed by atoms with Gasteiger partial charge >= 0.3 is 0 Å². The summed E-state index contributed by atoms with van der Waals surface area (Å²) in [6.07, 6.45) is 3.29. The van der Waals surface area contributed by atoms with E-state index in [-0.39, 0.29) is 0 Å². The Morgan fingerprint density at radius 2 is 2.50 bits per heavy atom. The van der Waals surface area contributed by atoms with Crippen molar-refractivity contribution in [3.05, 3.63) is 28.5 Å². The number of H-pyrrole nitrogens is 1. The number of nitrogens with one attached hydrogen (secondary N) is 1. The van der Waals surface area contributed by atoms with Crippen LogP contribution >= 0.6 is 12.2 Å². The summed E-state index contributed by atoms with van der Waals surface area (Å²) in [4.78, 5) is 2.84. The molecule has 0 fully saturated rings. The molecule has 4 heteroatoms. The SMILES string of the molecule is NN=Cc1cc[nH]c(=S)c1. The zero-order chi connectivity index (χ0) is 7.40. The molecule has 3 N–H and O–H groups in total. The van der Waals surface area contributed by atoms with E-state index in [1.54, 1.807) is 18.5 Å². The molecule has 1 heterocycles. The highest BCUT2D eigenvalue weighted by atomic mass is 32.1. The molecule has 0 aliphatic rings. The summed E-state index contributed by atoms with van der Waals surface area (Å²) in [6, 6.07) is 3.62. The highest BCUT2D eigenvalue weighted by Crippen LogP contribution is 1.92. The van der Waals surface area contributed by atoms with Gasteiger partial charge in [-0.05, 0) is 17.7 Å². The zero-order valence-corrected chi connectivity index (χ0v) is 6.06. The Kier molecular flexibility index (Phi) is 2.17. The van der Waals surface area contributed by atoms with Gasteiger partial charge in [-0.25, -0.2) is 0 Å². The van der Waals surface area contributed by atoms with Gasteiger partial charge in [0.15, 0.2) is 0 Å². The quantitative estimate of drug-likeness (QED) is 0.274. The first kappa shape index (κ1) is 6.95. The molecular formula is C6H7N3S. The van der Waals surface area contributed by atoms with Crippen molar-refractivity contribution in [2.45, 2.75) is 0 Å². The lowest BCUT2D eigenvalue weighted by Crippen LogP contribution is -1.86. The van der Waals surface area contributed by atoms with E-state index in [2.05, 4.69) is 10.1 Å². The fraction of sp³-hybridized carbons (Fsp3) is 0. The van der Waals surface area contributed by atoms with Gasteiger partial charge in [0.2, 0.25) is 0 Å². The van der Waals surface area contributed by atoms with Gasteiger partial charge in [0.05, 0.1) is 6.21 Å². The summed E-state index contributed by atoms with van der Waals surface area (Å²) in [5.74, 6) is 4.94. The Balaban J connectivity index is 3.07. The zero-order valence-electron chi connectivity index (χ0n) is 5.24. The summed E-state index contributed by atoms with van der Waals surface area (Å²) in [6.45, 7) is 0. The molecule has 0 radical (unpaired) electrons. The van der Waals surface area contributed by atoms with Crippen molar-refractivity contribution in [2.75, 3.05) is 0 Å². The van der Waals surface area contributed by atoms with E-state index in [1.807, 2.05) is 6.07 Å². The second kappa shape index (κ2) is 3.12. The van der Waals surface area contributed by atoms with E-state index in [1.165, 1.54) is 0 Å². The van der Waals surface area contributed by atoms with E-state index < -0.39 is 0 Å². The number of pyridine rings is 1. The smallest absolute Gasteiger partial charge is 0.103 e. The molecule has 0 aromatic carbocycles. The Morgan fingerprint density at radius 3 is 3.10 bits per heavy atom. The standard InChI is InChI=1S/C6H7N3S/c7-9-4-5-1-2-8-6(10)3-5/h1-4H,7H2,(H,8,10). The summed E-state index contributed by atoms with van der Waals surface area (Å²) in [5, 5.41) is 3.36. The van der Waals surface area contributed by atoms with Crippen LogP contribution in [0.15, 0.2) is 23.4 Å². The lowest BCUT2D eigenvalue weighted by Gasteiger charge is -1.88. The molecule has 1 aromatic rings. The van der Waals surface area contributed by atoms with Gasteiger partial charge in [-0.1, -0.05) is 12.2 Å². The van der Waals surface area contributed by atoms with Crippen LogP contribution in [0.2, 0.25) is 0 Å². The maximum atomic E-state index is 4.94. The first-order chi connectivity index (χ1) is 4.83. The first-order valence-electron chi connectivity index (χ1n) is 2.75. The Morgan fingerprint density at radius 1 is 1.70 bits per heavy atom. The largest absolute Gasteiger partial charge is 0.353 e. The van der Waals surface area contributed by atoms with Crippen LogP contribution in [0.4, 0.5) is 0 Å². The molecule has 3 nitrogen and oxygen atoms in total. The third-order valence-corrected chi connectivity index (χ3v) is 1.26. The topological polar surface area (TPSA) is 54.2 Å². The minimum absolute atomic E-state index is 0.678. The third-order valence-electron chi connectivity index (χ3n) is 1.02. The fourth-order valence-corrected chi connectivity index (χ4v) is 0.832. The van der Waals surface area contributed by atoms with Gasteiger partial charge in [-0.3, -0.25) is 0 Å². The number of rotatable bonds is 1. The maximum absolute atomic E-state index is 4.94. The summed E-state index contributed by atoms with van der Waals surface area (Å²) >= 11 is 4.86. The minimum atomic E-state index is 0.678. The summed E-state index contributed by atoms with van der Waals surface area (Å²) in [5.41, 5.74) is 0.909. The highest BCUT2D eigenvalue weighted by molar-refractivity contribution is 7.71. The molecule has 0 bridgehead atoms. The molecule has 0 atom stereocenters. The Bertz CT molecular complexity index is 289. The molecule has 10 heavy (non-hydrogen) atoms. The lowest BCUT2D eigenvalue weighted by molar-refractivity contribution is 1.25. The van der Waals surface area contributed by atoms with Crippen molar-refractivity contribution >= 4 is 18.4 Å². The first-order valence-corrected chi connectivity index (χ1v) is 3.16. The van der Waals surface area contributed by atoms with Crippen LogP contribution in [-0.4, -0.2) is 11.2 Å². The van der Waals surface area contributed by atoms with Gasteiger partial charge in [0, 0.05) is 6.20 Å². The average molecular weight is 153 g/mol. The molecule has 0 amide bonds. The lowest BCUT2D eigenvalue weighted by atomic mass is 10.3. The summed E-state index contributed by atoms with van der Waals surface area (Å²) < 4.78 is 0.678. The van der Waals surface area contributed by atoms with Crippen LogP contribution in [0.5, 0.6) is 0 Å². The van der Waals surface area contributed by atoms with Crippen LogP contribution in [0.3, 0.4) is 0 Å². The van der Waals surface area contributed by atoms with Gasteiger partial charge < -0.3 is 10.8 Å². The van der Waals surface area contributed by atoms with Crippen molar-refractivity contribution in [2.24, 2.45) is 10.9 Å². The molecule has 0 aliphatic heterocycles. The molecule has 52 valence electrons. The van der Waals surface area contributed by atoms with Crippen molar-refractivity contribution in [3.63, 3.8) is 0 Å². The van der Waals surface area contributed by atoms with Gasteiger partial charge in [0.1, 0.15) is 4.64 Å². The van der Waals surface area contributed by atoms with Crippen molar-refractivity contribution in [1.82, 2.24) is 4.98 Å². The van der Waals surface area contributed by atoms with E-state index in [9.17, 15) is 0 Å². The number of hydrogen-bond donors (Lipinski definition) is 2. The Hall–Kier alpha value is -1.16. The minimum Gasteiger partial charge on any atom is -0.353 e. The number of nitrogens with two attached hydrogens (primary N) is 1. The molecule has 0 unspecified atom stereocenters. The number of aromatic nitrogens is 1. The highest BCUT2D eigenvalue weighted by Gasteiger charge is 1.83.